The van der Waals surface area contributed by atoms with E-state index in [2.05, 4.69) is 31.9 Å². The number of ether oxygens (including phenoxy) is 2. The van der Waals surface area contributed by atoms with Gasteiger partial charge in [-0.25, -0.2) is 4.39 Å². The fourth-order valence-corrected chi connectivity index (χ4v) is 3.21. The summed E-state index contributed by atoms with van der Waals surface area (Å²) in [4.78, 5) is 10.8. The number of hydrogen-bond donors (Lipinski definition) is 0. The van der Waals surface area contributed by atoms with Crippen LogP contribution in [0.4, 0.5) is 4.39 Å². The summed E-state index contributed by atoms with van der Waals surface area (Å²) in [6.07, 6.45) is 0.737. The first-order chi connectivity index (χ1) is 10.1. The van der Waals surface area contributed by atoms with Crippen molar-refractivity contribution in [1.82, 2.24) is 0 Å². The molecule has 2 aromatic rings. The van der Waals surface area contributed by atoms with Crippen LogP contribution < -0.4 is 9.47 Å². The highest BCUT2D eigenvalue weighted by Gasteiger charge is 2.12. The van der Waals surface area contributed by atoms with Gasteiger partial charge >= 0.3 is 0 Å². The predicted octanol–water partition coefficient (Wildman–Crippen LogP) is 4.75. The van der Waals surface area contributed by atoms with Crippen molar-refractivity contribution in [1.29, 1.82) is 0 Å². The highest BCUT2D eigenvalue weighted by molar-refractivity contribution is 9.11. The number of carbonyl (C=O) groups is 1. The molecule has 0 spiro atoms. The van der Waals surface area contributed by atoms with E-state index in [1.165, 1.54) is 7.11 Å². The Bertz CT molecular complexity index is 651. The highest BCUT2D eigenvalue weighted by Crippen LogP contribution is 2.35. The number of halogens is 3. The molecule has 0 fully saturated rings. The molecule has 0 aliphatic heterocycles. The summed E-state index contributed by atoms with van der Waals surface area (Å²) in [6.45, 7) is 0.0423. The molecule has 0 saturated heterocycles. The fourth-order valence-electron chi connectivity index (χ4n) is 1.76. The van der Waals surface area contributed by atoms with Crippen LogP contribution in [0.2, 0.25) is 0 Å². The van der Waals surface area contributed by atoms with Gasteiger partial charge in [0.05, 0.1) is 16.1 Å². The van der Waals surface area contributed by atoms with Crippen LogP contribution in [0.3, 0.4) is 0 Å². The topological polar surface area (TPSA) is 35.5 Å². The van der Waals surface area contributed by atoms with Gasteiger partial charge < -0.3 is 9.47 Å². The van der Waals surface area contributed by atoms with Gasteiger partial charge in [-0.1, -0.05) is 12.1 Å². The minimum Gasteiger partial charge on any atom is -0.494 e. The van der Waals surface area contributed by atoms with Gasteiger partial charge in [-0.15, -0.1) is 0 Å². The van der Waals surface area contributed by atoms with Gasteiger partial charge in [0, 0.05) is 11.1 Å². The van der Waals surface area contributed by atoms with Crippen LogP contribution in [-0.4, -0.2) is 13.4 Å². The molecule has 0 aromatic heterocycles. The molecule has 0 N–H and O–H groups in total. The van der Waals surface area contributed by atoms with Crippen LogP contribution in [0, 0.1) is 5.82 Å². The zero-order valence-corrected chi connectivity index (χ0v) is 14.2. The molecule has 0 aliphatic carbocycles. The van der Waals surface area contributed by atoms with Crippen LogP contribution in [0.5, 0.6) is 11.5 Å². The maximum atomic E-state index is 14.0. The number of rotatable bonds is 5. The van der Waals surface area contributed by atoms with Gasteiger partial charge in [-0.3, -0.25) is 4.79 Å². The van der Waals surface area contributed by atoms with Crippen molar-refractivity contribution in [3.8, 4) is 11.5 Å². The van der Waals surface area contributed by atoms with Crippen LogP contribution in [0.15, 0.2) is 39.3 Å². The van der Waals surface area contributed by atoms with Crippen molar-refractivity contribution in [2.24, 2.45) is 0 Å². The Kier molecular flexibility index (Phi) is 5.36. The van der Waals surface area contributed by atoms with E-state index >= 15 is 0 Å². The molecule has 2 aromatic carbocycles. The second-order valence-corrected chi connectivity index (χ2v) is 5.86. The average Bonchev–Trinajstić information content (AvgIpc) is 2.47. The molecule has 0 atom stereocenters. The molecule has 0 heterocycles. The third-order valence-corrected chi connectivity index (χ3v) is 3.97. The second kappa shape index (κ2) is 7.04. The van der Waals surface area contributed by atoms with Crippen LogP contribution in [-0.2, 0) is 6.61 Å². The number of carbonyl (C=O) groups excluding carboxylic acids is 1. The molecule has 0 unspecified atom stereocenters. The Morgan fingerprint density at radius 3 is 2.48 bits per heavy atom. The van der Waals surface area contributed by atoms with E-state index in [9.17, 15) is 9.18 Å². The first kappa shape index (κ1) is 16.0. The van der Waals surface area contributed by atoms with Gasteiger partial charge in [0.2, 0.25) is 0 Å². The summed E-state index contributed by atoms with van der Waals surface area (Å²) in [5, 5.41) is 0. The second-order valence-electron chi connectivity index (χ2n) is 4.15. The monoisotopic (exact) mass is 416 g/mol. The zero-order chi connectivity index (χ0) is 15.4. The van der Waals surface area contributed by atoms with Crippen LogP contribution >= 0.6 is 31.9 Å². The predicted molar refractivity (Wildman–Crippen MR) is 84.5 cm³/mol. The molecule has 0 saturated carbocycles. The molecule has 110 valence electrons. The summed E-state index contributed by atoms with van der Waals surface area (Å²) in [5.74, 6) is 0.227. The maximum absolute atomic E-state index is 14.0. The first-order valence-corrected chi connectivity index (χ1v) is 7.53. The van der Waals surface area contributed by atoms with E-state index in [1.54, 1.807) is 30.3 Å². The lowest BCUT2D eigenvalue weighted by atomic mass is 10.2. The van der Waals surface area contributed by atoms with Crippen molar-refractivity contribution >= 4 is 38.1 Å². The largest absolute Gasteiger partial charge is 0.494 e. The third kappa shape index (κ3) is 3.63. The van der Waals surface area contributed by atoms with E-state index in [-0.39, 0.29) is 12.4 Å². The zero-order valence-electron chi connectivity index (χ0n) is 11.0. The Morgan fingerprint density at radius 2 is 1.90 bits per heavy atom. The molecule has 0 radical (unpaired) electrons. The Hall–Kier alpha value is -1.40. The van der Waals surface area contributed by atoms with Gasteiger partial charge in [0.1, 0.15) is 18.6 Å². The first-order valence-electron chi connectivity index (χ1n) is 5.95. The average molecular weight is 418 g/mol. The quantitative estimate of drug-likeness (QED) is 0.658. The van der Waals surface area contributed by atoms with Crippen molar-refractivity contribution in [2.75, 3.05) is 7.11 Å². The third-order valence-electron chi connectivity index (χ3n) is 2.79. The molecule has 6 heteroatoms. The van der Waals surface area contributed by atoms with Gasteiger partial charge in [-0.05, 0) is 50.1 Å². The van der Waals surface area contributed by atoms with Crippen molar-refractivity contribution in [2.45, 2.75) is 6.61 Å². The Morgan fingerprint density at radius 1 is 1.24 bits per heavy atom. The Balaban J connectivity index is 2.23. The smallest absolute Gasteiger partial charge is 0.171 e. The number of methoxy groups -OCH3 is 1. The number of aldehydes is 1. The molecular formula is C15H11Br2FO3. The lowest BCUT2D eigenvalue weighted by molar-refractivity contribution is 0.112. The van der Waals surface area contributed by atoms with Crippen LogP contribution in [0.1, 0.15) is 15.9 Å². The maximum Gasteiger partial charge on any atom is 0.171 e. The van der Waals surface area contributed by atoms with Gasteiger partial charge in [0.15, 0.2) is 11.6 Å². The molecule has 3 nitrogen and oxygen atoms in total. The summed E-state index contributed by atoms with van der Waals surface area (Å²) < 4.78 is 25.8. The van der Waals surface area contributed by atoms with E-state index in [0.29, 0.717) is 25.8 Å². The van der Waals surface area contributed by atoms with E-state index < -0.39 is 5.82 Å². The van der Waals surface area contributed by atoms with E-state index in [1.807, 2.05) is 0 Å². The number of hydrogen-bond acceptors (Lipinski definition) is 3. The summed E-state index contributed by atoms with van der Waals surface area (Å²) in [7, 11) is 1.41. The van der Waals surface area contributed by atoms with Gasteiger partial charge in [-0.2, -0.15) is 0 Å². The molecule has 21 heavy (non-hydrogen) atoms. The standard InChI is InChI=1S/C15H11Br2FO3/c1-20-13-4-2-3-10(14(13)18)8-21-15-11(16)5-9(7-19)6-12(15)17/h2-7H,8H2,1H3. The Labute approximate surface area is 138 Å². The van der Waals surface area contributed by atoms with E-state index in [0.717, 1.165) is 6.29 Å². The fraction of sp³-hybridized carbons (Fsp3) is 0.133. The van der Waals surface area contributed by atoms with Crippen molar-refractivity contribution in [3.63, 3.8) is 0 Å². The molecular weight excluding hydrogens is 407 g/mol. The van der Waals surface area contributed by atoms with Crippen LogP contribution in [0.25, 0.3) is 0 Å². The summed E-state index contributed by atoms with van der Waals surface area (Å²) in [6, 6.07) is 8.13. The summed E-state index contributed by atoms with van der Waals surface area (Å²) in [5.41, 5.74) is 0.890. The molecule has 2 rings (SSSR count). The van der Waals surface area contributed by atoms with Gasteiger partial charge in [0.25, 0.3) is 0 Å². The SMILES string of the molecule is COc1cccc(COc2c(Br)cc(C=O)cc2Br)c1F. The molecule has 0 bridgehead atoms. The minimum atomic E-state index is -0.447. The lowest BCUT2D eigenvalue weighted by Gasteiger charge is -2.12. The van der Waals surface area contributed by atoms with Crippen molar-refractivity contribution in [3.05, 3.63) is 56.2 Å². The van der Waals surface area contributed by atoms with E-state index in [4.69, 9.17) is 9.47 Å². The normalized spacial score (nSPS) is 10.3. The highest BCUT2D eigenvalue weighted by atomic mass is 79.9. The molecule has 0 amide bonds. The molecule has 0 aliphatic rings. The number of benzene rings is 2. The minimum absolute atomic E-state index is 0.0423. The summed E-state index contributed by atoms with van der Waals surface area (Å²) >= 11 is 6.65. The lowest BCUT2D eigenvalue weighted by Crippen LogP contribution is -2.01. The van der Waals surface area contributed by atoms with Crippen molar-refractivity contribution < 1.29 is 18.7 Å².